The smallest absolute Gasteiger partial charge is 0.161 e. The predicted molar refractivity (Wildman–Crippen MR) is 59.6 cm³/mol. The Balaban J connectivity index is 2.29. The van der Waals surface area contributed by atoms with Crippen molar-refractivity contribution in [1.82, 2.24) is 4.98 Å². The summed E-state index contributed by atoms with van der Waals surface area (Å²) in [7, 11) is 1.54. The summed E-state index contributed by atoms with van der Waals surface area (Å²) in [6.07, 6.45) is 2.40. The van der Waals surface area contributed by atoms with Crippen LogP contribution in [0.4, 0.5) is 0 Å². The molecule has 3 nitrogen and oxygen atoms in total. The molecular formula is C11H11NO2S. The first kappa shape index (κ1) is 9.98. The molecule has 78 valence electrons. The fraction of sp³-hybridized carbons (Fsp3) is 0.182. The van der Waals surface area contributed by atoms with Gasteiger partial charge in [0.05, 0.1) is 12.1 Å². The Morgan fingerprint density at radius 3 is 3.00 bits per heavy atom. The number of thiazole rings is 1. The Bertz CT molecular complexity index is 440. The van der Waals surface area contributed by atoms with Gasteiger partial charge in [-0.05, 0) is 6.07 Å². The Labute approximate surface area is 92.0 Å². The molecule has 0 unspecified atom stereocenters. The molecule has 2 rings (SSSR count). The zero-order valence-corrected chi connectivity index (χ0v) is 9.12. The van der Waals surface area contributed by atoms with E-state index in [1.54, 1.807) is 30.7 Å². The molecule has 0 aliphatic carbocycles. The molecule has 0 aliphatic heterocycles. The van der Waals surface area contributed by atoms with Gasteiger partial charge >= 0.3 is 0 Å². The molecule has 1 N–H and O–H groups in total. The maximum Gasteiger partial charge on any atom is 0.161 e. The van der Waals surface area contributed by atoms with Gasteiger partial charge in [-0.2, -0.15) is 0 Å². The molecule has 0 saturated carbocycles. The van der Waals surface area contributed by atoms with Crippen LogP contribution < -0.4 is 4.74 Å². The average Bonchev–Trinajstić information content (AvgIpc) is 2.74. The topological polar surface area (TPSA) is 42.4 Å². The third kappa shape index (κ3) is 2.10. The van der Waals surface area contributed by atoms with Crippen LogP contribution in [-0.4, -0.2) is 17.2 Å². The Kier molecular flexibility index (Phi) is 2.87. The monoisotopic (exact) mass is 221 g/mol. The van der Waals surface area contributed by atoms with Gasteiger partial charge in [-0.25, -0.2) is 4.98 Å². The summed E-state index contributed by atoms with van der Waals surface area (Å²) in [6, 6.07) is 5.47. The van der Waals surface area contributed by atoms with E-state index in [0.717, 1.165) is 10.6 Å². The number of aromatic hydroxyl groups is 1. The summed E-state index contributed by atoms with van der Waals surface area (Å²) in [5, 5.41) is 12.7. The first-order valence-corrected chi connectivity index (χ1v) is 5.42. The molecule has 4 heteroatoms. The molecule has 0 atom stereocenters. The minimum atomic E-state index is 0.204. The number of phenols is 1. The van der Waals surface area contributed by atoms with E-state index in [1.165, 1.54) is 0 Å². The van der Waals surface area contributed by atoms with Crippen molar-refractivity contribution in [3.8, 4) is 11.5 Å². The van der Waals surface area contributed by atoms with Crippen molar-refractivity contribution in [1.29, 1.82) is 0 Å². The van der Waals surface area contributed by atoms with Crippen LogP contribution in [0.5, 0.6) is 11.5 Å². The van der Waals surface area contributed by atoms with Crippen molar-refractivity contribution >= 4 is 11.3 Å². The number of hydrogen-bond donors (Lipinski definition) is 1. The Hall–Kier alpha value is -1.55. The second-order valence-corrected chi connectivity index (χ2v) is 4.05. The van der Waals surface area contributed by atoms with Crippen LogP contribution in [0.1, 0.15) is 10.6 Å². The first-order valence-electron chi connectivity index (χ1n) is 4.54. The lowest BCUT2D eigenvalue weighted by Gasteiger charge is -2.06. The maximum atomic E-state index is 9.84. The highest BCUT2D eigenvalue weighted by molar-refractivity contribution is 7.09. The first-order chi connectivity index (χ1) is 7.31. The quantitative estimate of drug-likeness (QED) is 0.865. The highest BCUT2D eigenvalue weighted by Crippen LogP contribution is 2.31. The molecule has 0 radical (unpaired) electrons. The Morgan fingerprint density at radius 2 is 2.33 bits per heavy atom. The fourth-order valence-electron chi connectivity index (χ4n) is 1.38. The molecule has 15 heavy (non-hydrogen) atoms. The third-order valence-electron chi connectivity index (χ3n) is 2.13. The molecule has 1 aromatic carbocycles. The lowest BCUT2D eigenvalue weighted by atomic mass is 10.1. The molecule has 0 aliphatic rings. The minimum Gasteiger partial charge on any atom is -0.504 e. The van der Waals surface area contributed by atoms with Crippen LogP contribution in [0, 0.1) is 0 Å². The van der Waals surface area contributed by atoms with Gasteiger partial charge < -0.3 is 9.84 Å². The lowest BCUT2D eigenvalue weighted by Crippen LogP contribution is -1.90. The van der Waals surface area contributed by atoms with Gasteiger partial charge in [0.2, 0.25) is 0 Å². The van der Waals surface area contributed by atoms with Crippen LogP contribution in [0.15, 0.2) is 29.8 Å². The van der Waals surface area contributed by atoms with Crippen LogP contribution in [-0.2, 0) is 6.42 Å². The molecular weight excluding hydrogens is 210 g/mol. The van der Waals surface area contributed by atoms with Crippen molar-refractivity contribution in [2.24, 2.45) is 0 Å². The van der Waals surface area contributed by atoms with Crippen LogP contribution in [0.25, 0.3) is 0 Å². The molecule has 2 aromatic rings. The second kappa shape index (κ2) is 4.31. The van der Waals surface area contributed by atoms with E-state index in [2.05, 4.69) is 4.98 Å². The Morgan fingerprint density at radius 1 is 1.47 bits per heavy atom. The number of ether oxygens (including phenoxy) is 1. The van der Waals surface area contributed by atoms with Crippen LogP contribution in [0.2, 0.25) is 0 Å². The summed E-state index contributed by atoms with van der Waals surface area (Å²) in [5.74, 6) is 0.708. The van der Waals surface area contributed by atoms with Gasteiger partial charge in [-0.15, -0.1) is 11.3 Å². The van der Waals surface area contributed by atoms with E-state index in [-0.39, 0.29) is 5.75 Å². The fourth-order valence-corrected chi connectivity index (χ4v) is 2.02. The maximum absolute atomic E-state index is 9.84. The van der Waals surface area contributed by atoms with Gasteiger partial charge in [-0.3, -0.25) is 0 Å². The summed E-state index contributed by atoms with van der Waals surface area (Å²) in [6.45, 7) is 0. The molecule has 0 fully saturated rings. The zero-order chi connectivity index (χ0) is 10.7. The van der Waals surface area contributed by atoms with Crippen molar-refractivity contribution in [2.45, 2.75) is 6.42 Å². The minimum absolute atomic E-state index is 0.204. The molecule has 1 aromatic heterocycles. The third-order valence-corrected chi connectivity index (χ3v) is 2.91. The largest absolute Gasteiger partial charge is 0.504 e. The van der Waals surface area contributed by atoms with Crippen molar-refractivity contribution in [3.63, 3.8) is 0 Å². The number of nitrogens with zero attached hydrogens (tertiary/aromatic N) is 1. The molecule has 0 bridgehead atoms. The normalized spacial score (nSPS) is 10.2. The van der Waals surface area contributed by atoms with E-state index >= 15 is 0 Å². The lowest BCUT2D eigenvalue weighted by molar-refractivity contribution is 0.371. The zero-order valence-electron chi connectivity index (χ0n) is 8.30. The van der Waals surface area contributed by atoms with Crippen molar-refractivity contribution in [3.05, 3.63) is 40.3 Å². The molecule has 0 spiro atoms. The number of methoxy groups -OCH3 is 1. The molecule has 1 heterocycles. The highest BCUT2D eigenvalue weighted by atomic mass is 32.1. The highest BCUT2D eigenvalue weighted by Gasteiger charge is 2.08. The van der Waals surface area contributed by atoms with E-state index in [0.29, 0.717) is 12.2 Å². The summed E-state index contributed by atoms with van der Waals surface area (Å²) in [4.78, 5) is 4.17. The number of benzene rings is 1. The van der Waals surface area contributed by atoms with Gasteiger partial charge in [0.15, 0.2) is 11.5 Å². The summed E-state index contributed by atoms with van der Waals surface area (Å²) < 4.78 is 5.04. The van der Waals surface area contributed by atoms with E-state index in [1.807, 2.05) is 17.5 Å². The van der Waals surface area contributed by atoms with Gasteiger partial charge in [0.25, 0.3) is 0 Å². The SMILES string of the molecule is COc1cccc(Cc2nccs2)c1O. The second-order valence-electron chi connectivity index (χ2n) is 3.07. The van der Waals surface area contributed by atoms with Gasteiger partial charge in [0, 0.05) is 23.6 Å². The number of rotatable bonds is 3. The van der Waals surface area contributed by atoms with Crippen LogP contribution >= 0.6 is 11.3 Å². The number of para-hydroxylation sites is 1. The van der Waals surface area contributed by atoms with Crippen LogP contribution in [0.3, 0.4) is 0 Å². The van der Waals surface area contributed by atoms with Crippen molar-refractivity contribution < 1.29 is 9.84 Å². The van der Waals surface area contributed by atoms with Gasteiger partial charge in [-0.1, -0.05) is 12.1 Å². The van der Waals surface area contributed by atoms with E-state index in [4.69, 9.17) is 4.74 Å². The number of aromatic nitrogens is 1. The summed E-state index contributed by atoms with van der Waals surface area (Å²) in [5.41, 5.74) is 0.837. The predicted octanol–water partition coefficient (Wildman–Crippen LogP) is 2.45. The van der Waals surface area contributed by atoms with E-state index < -0.39 is 0 Å². The number of phenolic OH excluding ortho intramolecular Hbond substituents is 1. The molecule has 0 saturated heterocycles. The van der Waals surface area contributed by atoms with E-state index in [9.17, 15) is 5.11 Å². The van der Waals surface area contributed by atoms with Gasteiger partial charge in [0.1, 0.15) is 0 Å². The number of hydrogen-bond acceptors (Lipinski definition) is 4. The van der Waals surface area contributed by atoms with Crippen molar-refractivity contribution in [2.75, 3.05) is 7.11 Å². The standard InChI is InChI=1S/C11H11NO2S/c1-14-9-4-2-3-8(11(9)13)7-10-12-5-6-15-10/h2-6,13H,7H2,1H3. The average molecular weight is 221 g/mol. The molecule has 0 amide bonds. The summed E-state index contributed by atoms with van der Waals surface area (Å²) >= 11 is 1.58.